The van der Waals surface area contributed by atoms with E-state index in [0.717, 1.165) is 36.4 Å². The Kier molecular flexibility index (Phi) is 7.21. The minimum Gasteiger partial charge on any atom is -0.391 e. The second kappa shape index (κ2) is 9.19. The number of nitrogens with one attached hydrogen (secondary N) is 1. The Morgan fingerprint density at radius 2 is 1.70 bits per heavy atom. The van der Waals surface area contributed by atoms with Crippen LogP contribution in [0.1, 0.15) is 29.0 Å². The van der Waals surface area contributed by atoms with Crippen molar-refractivity contribution in [2.75, 3.05) is 13.1 Å². The van der Waals surface area contributed by atoms with Gasteiger partial charge in [-0.05, 0) is 48.4 Å². The van der Waals surface area contributed by atoms with E-state index in [1.165, 1.54) is 24.3 Å². The van der Waals surface area contributed by atoms with Crippen molar-refractivity contribution in [3.05, 3.63) is 71.0 Å². The molecular weight excluding hydrogens is 384 g/mol. The lowest BCUT2D eigenvalue weighted by Crippen LogP contribution is -2.36. The molecule has 0 saturated carbocycles. The zero-order chi connectivity index (χ0) is 18.6. The number of hydrogen-bond acceptors (Lipinski definition) is 3. The van der Waals surface area contributed by atoms with Gasteiger partial charge in [0.05, 0.1) is 11.3 Å². The van der Waals surface area contributed by atoms with Crippen molar-refractivity contribution in [1.82, 2.24) is 5.32 Å². The maximum atomic E-state index is 13.1. The lowest BCUT2D eigenvalue weighted by atomic mass is 9.88. The first-order valence-corrected chi connectivity index (χ1v) is 8.24. The summed E-state index contributed by atoms with van der Waals surface area (Å²) in [5, 5.41) is 7.38. The molecule has 0 aromatic heterocycles. The summed E-state index contributed by atoms with van der Waals surface area (Å²) < 4.78 is 50.8. The van der Waals surface area contributed by atoms with Crippen molar-refractivity contribution < 1.29 is 22.4 Å². The molecule has 27 heavy (non-hydrogen) atoms. The van der Waals surface area contributed by atoms with Crippen molar-refractivity contribution >= 4 is 18.1 Å². The van der Waals surface area contributed by atoms with Crippen molar-refractivity contribution in [3.63, 3.8) is 0 Å². The number of oxime groups is 1. The SMILES string of the molecule is Cl.Fc1ccc(C2CCNC/C2=N/OCc2ccc(C(F)(F)F)cc2)cc1. The van der Waals surface area contributed by atoms with E-state index in [1.54, 1.807) is 12.1 Å². The summed E-state index contributed by atoms with van der Waals surface area (Å²) >= 11 is 0. The summed E-state index contributed by atoms with van der Waals surface area (Å²) in [5.41, 5.74) is 1.66. The fraction of sp³-hybridized carbons (Fsp3) is 0.316. The van der Waals surface area contributed by atoms with Gasteiger partial charge < -0.3 is 10.2 Å². The average molecular weight is 403 g/mol. The predicted octanol–water partition coefficient (Wildman–Crippen LogP) is 4.92. The zero-order valence-corrected chi connectivity index (χ0v) is 15.1. The van der Waals surface area contributed by atoms with Crippen LogP contribution in [0, 0.1) is 5.82 Å². The molecule has 1 saturated heterocycles. The molecule has 1 atom stereocenters. The van der Waals surface area contributed by atoms with Gasteiger partial charge in [0.25, 0.3) is 0 Å². The molecule has 2 aromatic rings. The topological polar surface area (TPSA) is 33.6 Å². The summed E-state index contributed by atoms with van der Waals surface area (Å²) in [6.07, 6.45) is -3.54. The highest BCUT2D eigenvalue weighted by molar-refractivity contribution is 5.93. The molecule has 1 heterocycles. The molecule has 0 bridgehead atoms. The van der Waals surface area contributed by atoms with Crippen LogP contribution < -0.4 is 5.32 Å². The molecule has 1 aliphatic rings. The Bertz CT molecular complexity index is 761. The van der Waals surface area contributed by atoms with E-state index in [4.69, 9.17) is 4.84 Å². The summed E-state index contributed by atoms with van der Waals surface area (Å²) in [5.74, 6) is -0.260. The number of halogens is 5. The molecule has 0 radical (unpaired) electrons. The van der Waals surface area contributed by atoms with Gasteiger partial charge in [-0.15, -0.1) is 12.4 Å². The number of alkyl halides is 3. The van der Waals surface area contributed by atoms with Crippen molar-refractivity contribution in [1.29, 1.82) is 0 Å². The first-order valence-electron chi connectivity index (χ1n) is 8.24. The van der Waals surface area contributed by atoms with Crippen LogP contribution in [-0.2, 0) is 17.6 Å². The third-order valence-corrected chi connectivity index (χ3v) is 4.28. The van der Waals surface area contributed by atoms with Crippen LogP contribution in [0.2, 0.25) is 0 Å². The van der Waals surface area contributed by atoms with Crippen molar-refractivity contribution in [2.45, 2.75) is 25.1 Å². The largest absolute Gasteiger partial charge is 0.416 e. The van der Waals surface area contributed by atoms with Crippen LogP contribution in [0.5, 0.6) is 0 Å². The molecular formula is C19H19ClF4N2O. The van der Waals surface area contributed by atoms with Crippen LogP contribution in [0.3, 0.4) is 0 Å². The smallest absolute Gasteiger partial charge is 0.391 e. The molecule has 0 amide bonds. The summed E-state index contributed by atoms with van der Waals surface area (Å²) in [7, 11) is 0. The summed E-state index contributed by atoms with van der Waals surface area (Å²) in [6, 6.07) is 11.1. The van der Waals surface area contributed by atoms with Gasteiger partial charge in [-0.3, -0.25) is 0 Å². The molecule has 8 heteroatoms. The van der Waals surface area contributed by atoms with Gasteiger partial charge in [0.15, 0.2) is 0 Å². The first kappa shape index (κ1) is 21.2. The maximum Gasteiger partial charge on any atom is 0.416 e. The number of rotatable bonds is 4. The van der Waals surface area contributed by atoms with E-state index in [0.29, 0.717) is 12.1 Å². The van der Waals surface area contributed by atoms with Gasteiger partial charge in [0, 0.05) is 12.5 Å². The molecule has 1 aliphatic heterocycles. The van der Waals surface area contributed by atoms with Crippen LogP contribution in [-0.4, -0.2) is 18.8 Å². The molecule has 1 unspecified atom stereocenters. The Morgan fingerprint density at radius 3 is 2.33 bits per heavy atom. The van der Waals surface area contributed by atoms with Gasteiger partial charge in [-0.1, -0.05) is 29.4 Å². The Labute approximate surface area is 160 Å². The van der Waals surface area contributed by atoms with Crippen LogP contribution >= 0.6 is 12.4 Å². The van der Waals surface area contributed by atoms with Crippen molar-refractivity contribution in [3.8, 4) is 0 Å². The summed E-state index contributed by atoms with van der Waals surface area (Å²) in [4.78, 5) is 5.35. The molecule has 3 rings (SSSR count). The molecule has 0 spiro atoms. The van der Waals surface area contributed by atoms with Crippen molar-refractivity contribution in [2.24, 2.45) is 5.16 Å². The minimum atomic E-state index is -4.35. The van der Waals surface area contributed by atoms with Crippen LogP contribution in [0.4, 0.5) is 17.6 Å². The van der Waals surface area contributed by atoms with Gasteiger partial charge in [0.2, 0.25) is 0 Å². The monoisotopic (exact) mass is 402 g/mol. The molecule has 2 aromatic carbocycles. The van der Waals surface area contributed by atoms with E-state index < -0.39 is 11.7 Å². The molecule has 0 aliphatic carbocycles. The molecule has 1 fully saturated rings. The number of hydrogen-bond donors (Lipinski definition) is 1. The van der Waals surface area contributed by atoms with E-state index in [-0.39, 0.29) is 30.7 Å². The number of benzene rings is 2. The standard InChI is InChI=1S/C19H18F4N2O.ClH/c20-16-7-3-14(4-8-16)17-9-10-24-11-18(17)25-26-12-13-1-5-15(6-2-13)19(21,22)23;/h1-8,17,24H,9-12H2;1H/b25-18-;. The fourth-order valence-corrected chi connectivity index (χ4v) is 2.88. The Morgan fingerprint density at radius 1 is 1.04 bits per heavy atom. The van der Waals surface area contributed by atoms with E-state index >= 15 is 0 Å². The minimum absolute atomic E-state index is 0. The van der Waals surface area contributed by atoms with E-state index in [9.17, 15) is 17.6 Å². The van der Waals surface area contributed by atoms with Crippen LogP contribution in [0.15, 0.2) is 53.7 Å². The highest BCUT2D eigenvalue weighted by Crippen LogP contribution is 2.29. The highest BCUT2D eigenvalue weighted by Gasteiger charge is 2.30. The molecule has 3 nitrogen and oxygen atoms in total. The fourth-order valence-electron chi connectivity index (χ4n) is 2.88. The molecule has 146 valence electrons. The lowest BCUT2D eigenvalue weighted by Gasteiger charge is -2.24. The Balaban J connectivity index is 0.00000261. The Hall–Kier alpha value is -2.12. The molecule has 1 N–H and O–H groups in total. The summed E-state index contributed by atoms with van der Waals surface area (Å²) in [6.45, 7) is 1.45. The lowest BCUT2D eigenvalue weighted by molar-refractivity contribution is -0.137. The average Bonchev–Trinajstić information content (AvgIpc) is 2.63. The second-order valence-electron chi connectivity index (χ2n) is 6.12. The zero-order valence-electron chi connectivity index (χ0n) is 14.3. The predicted molar refractivity (Wildman–Crippen MR) is 97.5 cm³/mol. The van der Waals surface area contributed by atoms with Gasteiger partial charge in [-0.25, -0.2) is 4.39 Å². The quantitative estimate of drug-likeness (QED) is 0.582. The third-order valence-electron chi connectivity index (χ3n) is 4.28. The highest BCUT2D eigenvalue weighted by atomic mass is 35.5. The van der Waals surface area contributed by atoms with Gasteiger partial charge >= 0.3 is 6.18 Å². The second-order valence-corrected chi connectivity index (χ2v) is 6.12. The number of piperidine rings is 1. The van der Waals surface area contributed by atoms with E-state index in [2.05, 4.69) is 10.5 Å². The normalized spacial score (nSPS) is 18.8. The van der Waals surface area contributed by atoms with E-state index in [1.807, 2.05) is 0 Å². The maximum absolute atomic E-state index is 13.1. The van der Waals surface area contributed by atoms with Gasteiger partial charge in [-0.2, -0.15) is 13.2 Å². The third kappa shape index (κ3) is 5.68. The van der Waals surface area contributed by atoms with Gasteiger partial charge in [0.1, 0.15) is 12.4 Å². The first-order chi connectivity index (χ1) is 12.4. The van der Waals surface area contributed by atoms with Crippen LogP contribution in [0.25, 0.3) is 0 Å². The number of nitrogens with zero attached hydrogens (tertiary/aromatic N) is 1.